The van der Waals surface area contributed by atoms with Crippen LogP contribution in [0.15, 0.2) is 60.7 Å². The maximum atomic E-state index is 10.9. The Labute approximate surface area is 119 Å². The van der Waals surface area contributed by atoms with Gasteiger partial charge in [0.25, 0.3) is 0 Å². The Morgan fingerprint density at radius 3 is 2.10 bits per heavy atom. The third-order valence-corrected chi connectivity index (χ3v) is 3.37. The predicted molar refractivity (Wildman–Crippen MR) is 78.5 cm³/mol. The van der Waals surface area contributed by atoms with Gasteiger partial charge in [-0.1, -0.05) is 36.4 Å². The van der Waals surface area contributed by atoms with Gasteiger partial charge in [-0.15, -0.1) is 0 Å². The zero-order chi connectivity index (χ0) is 14.2. The Balaban J connectivity index is 1.95. The SMILES string of the molecule is O=C(O)C[C@H](Oc1ccccc1)POc1ccccc1. The molecule has 1 unspecified atom stereocenters. The summed E-state index contributed by atoms with van der Waals surface area (Å²) in [6, 6.07) is 18.4. The molecule has 0 saturated heterocycles. The number of rotatable bonds is 7. The molecule has 0 heterocycles. The molecular weight excluding hydrogens is 275 g/mol. The fraction of sp³-hybridized carbons (Fsp3) is 0.133. The number of carboxylic acids is 1. The fourth-order valence-electron chi connectivity index (χ4n) is 1.55. The van der Waals surface area contributed by atoms with Crippen molar-refractivity contribution in [3.05, 3.63) is 60.7 Å². The molecule has 0 aliphatic carbocycles. The van der Waals surface area contributed by atoms with Crippen LogP contribution in [0, 0.1) is 0 Å². The Morgan fingerprint density at radius 1 is 1.00 bits per heavy atom. The first-order valence-corrected chi connectivity index (χ1v) is 7.13. The highest BCUT2D eigenvalue weighted by Gasteiger charge is 2.16. The number of aliphatic carboxylic acids is 1. The van der Waals surface area contributed by atoms with E-state index in [0.717, 1.165) is 0 Å². The Hall–Kier alpha value is -2.06. The van der Waals surface area contributed by atoms with Crippen LogP contribution in [0.2, 0.25) is 0 Å². The van der Waals surface area contributed by atoms with E-state index in [1.54, 1.807) is 12.1 Å². The average Bonchev–Trinajstić information content (AvgIpc) is 2.46. The molecule has 0 saturated carbocycles. The van der Waals surface area contributed by atoms with E-state index in [0.29, 0.717) is 11.5 Å². The Bertz CT molecular complexity index is 530. The normalized spacial score (nSPS) is 12.2. The number of hydrogen-bond acceptors (Lipinski definition) is 3. The molecule has 2 rings (SSSR count). The molecular formula is C15H15O4P. The molecule has 2 atom stereocenters. The van der Waals surface area contributed by atoms with Gasteiger partial charge < -0.3 is 14.4 Å². The quantitative estimate of drug-likeness (QED) is 0.792. The van der Waals surface area contributed by atoms with Gasteiger partial charge in [0.05, 0.1) is 6.42 Å². The van der Waals surface area contributed by atoms with Crippen molar-refractivity contribution in [1.29, 1.82) is 0 Å². The van der Waals surface area contributed by atoms with E-state index in [1.165, 1.54) is 0 Å². The van der Waals surface area contributed by atoms with Crippen molar-refractivity contribution in [1.82, 2.24) is 0 Å². The van der Waals surface area contributed by atoms with Crippen LogP contribution in [0.3, 0.4) is 0 Å². The van der Waals surface area contributed by atoms with E-state index in [9.17, 15) is 4.79 Å². The minimum Gasteiger partial charge on any atom is -0.482 e. The summed E-state index contributed by atoms with van der Waals surface area (Å²) in [6.07, 6.45) is -0.0971. The maximum Gasteiger partial charge on any atom is 0.307 e. The van der Waals surface area contributed by atoms with Crippen molar-refractivity contribution < 1.29 is 19.2 Å². The van der Waals surface area contributed by atoms with Gasteiger partial charge in [0.15, 0.2) is 5.85 Å². The second kappa shape index (κ2) is 7.51. The molecule has 5 heteroatoms. The van der Waals surface area contributed by atoms with Crippen molar-refractivity contribution in [3.63, 3.8) is 0 Å². The van der Waals surface area contributed by atoms with Gasteiger partial charge >= 0.3 is 5.97 Å². The number of ether oxygens (including phenoxy) is 1. The van der Waals surface area contributed by atoms with Crippen LogP contribution in [-0.2, 0) is 4.79 Å². The lowest BCUT2D eigenvalue weighted by molar-refractivity contribution is -0.137. The minimum atomic E-state index is -0.907. The zero-order valence-electron chi connectivity index (χ0n) is 10.7. The largest absolute Gasteiger partial charge is 0.482 e. The summed E-state index contributed by atoms with van der Waals surface area (Å²) in [4.78, 5) is 10.9. The topological polar surface area (TPSA) is 55.8 Å². The summed E-state index contributed by atoms with van der Waals surface area (Å²) in [5.41, 5.74) is 0. The van der Waals surface area contributed by atoms with Gasteiger partial charge in [-0.25, -0.2) is 0 Å². The minimum absolute atomic E-state index is 0.0840. The molecule has 0 fully saturated rings. The summed E-state index contributed by atoms with van der Waals surface area (Å²) in [7, 11) is -0.0840. The molecule has 0 amide bonds. The van der Waals surface area contributed by atoms with Gasteiger partial charge in [0, 0.05) is 0 Å². The molecule has 4 nitrogen and oxygen atoms in total. The first-order chi connectivity index (χ1) is 9.74. The molecule has 0 aliphatic heterocycles. The molecule has 0 aliphatic rings. The highest BCUT2D eigenvalue weighted by Crippen LogP contribution is 2.29. The van der Waals surface area contributed by atoms with Crippen LogP contribution in [0.25, 0.3) is 0 Å². The van der Waals surface area contributed by atoms with Crippen molar-refractivity contribution in [2.24, 2.45) is 0 Å². The summed E-state index contributed by atoms with van der Waals surface area (Å²) < 4.78 is 11.2. The third kappa shape index (κ3) is 4.90. The third-order valence-electron chi connectivity index (χ3n) is 2.43. The highest BCUT2D eigenvalue weighted by atomic mass is 31.1. The summed E-state index contributed by atoms with van der Waals surface area (Å²) in [5.74, 6) is -0.0639. The number of hydrogen-bond donors (Lipinski definition) is 1. The lowest BCUT2D eigenvalue weighted by Gasteiger charge is -2.17. The van der Waals surface area contributed by atoms with Gasteiger partial charge in [-0.2, -0.15) is 0 Å². The second-order valence-corrected chi connectivity index (χ2v) is 5.13. The van der Waals surface area contributed by atoms with E-state index >= 15 is 0 Å². The summed E-state index contributed by atoms with van der Waals surface area (Å²) >= 11 is 0. The van der Waals surface area contributed by atoms with Crippen LogP contribution in [0.1, 0.15) is 6.42 Å². The van der Waals surface area contributed by atoms with E-state index in [1.807, 2.05) is 48.5 Å². The summed E-state index contributed by atoms with van der Waals surface area (Å²) in [5, 5.41) is 8.93. The van der Waals surface area contributed by atoms with Gasteiger partial charge in [-0.05, 0) is 24.3 Å². The smallest absolute Gasteiger partial charge is 0.307 e. The number of para-hydroxylation sites is 2. The van der Waals surface area contributed by atoms with Gasteiger partial charge in [0.2, 0.25) is 0 Å². The van der Waals surface area contributed by atoms with E-state index in [-0.39, 0.29) is 15.2 Å². The molecule has 2 aromatic carbocycles. The van der Waals surface area contributed by atoms with Gasteiger partial charge in [0.1, 0.15) is 20.3 Å². The second-order valence-electron chi connectivity index (χ2n) is 4.05. The van der Waals surface area contributed by atoms with Crippen molar-refractivity contribution in [2.75, 3.05) is 0 Å². The van der Waals surface area contributed by atoms with Crippen molar-refractivity contribution in [2.45, 2.75) is 12.3 Å². The molecule has 0 spiro atoms. The first kappa shape index (κ1) is 14.4. The van der Waals surface area contributed by atoms with Crippen molar-refractivity contribution in [3.8, 4) is 11.5 Å². The standard InChI is InChI=1S/C15H15O4P/c16-14(17)11-15(18-12-7-3-1-4-8-12)20-19-13-9-5-2-6-10-13/h1-10,15,20H,11H2,(H,16,17)/t15-/m1/s1. The van der Waals surface area contributed by atoms with Crippen LogP contribution >= 0.6 is 8.81 Å². The lowest BCUT2D eigenvalue weighted by Crippen LogP contribution is -2.16. The van der Waals surface area contributed by atoms with Gasteiger partial charge in [-0.3, -0.25) is 4.79 Å². The predicted octanol–water partition coefficient (Wildman–Crippen LogP) is 3.54. The molecule has 0 radical (unpaired) electrons. The molecule has 104 valence electrons. The number of carboxylic acid groups (broad SMARTS) is 1. The first-order valence-electron chi connectivity index (χ1n) is 6.15. The molecule has 2 aromatic rings. The molecule has 0 aromatic heterocycles. The van der Waals surface area contributed by atoms with Crippen LogP contribution in [0.4, 0.5) is 0 Å². The zero-order valence-corrected chi connectivity index (χ0v) is 11.7. The summed E-state index contributed by atoms with van der Waals surface area (Å²) in [6.45, 7) is 0. The van der Waals surface area contributed by atoms with Crippen LogP contribution in [-0.4, -0.2) is 16.9 Å². The maximum absolute atomic E-state index is 10.9. The number of benzene rings is 2. The van der Waals surface area contributed by atoms with E-state index in [4.69, 9.17) is 14.4 Å². The molecule has 20 heavy (non-hydrogen) atoms. The van der Waals surface area contributed by atoms with Crippen LogP contribution in [0.5, 0.6) is 11.5 Å². The molecule has 1 N–H and O–H groups in total. The van der Waals surface area contributed by atoms with E-state index < -0.39 is 11.8 Å². The highest BCUT2D eigenvalue weighted by molar-refractivity contribution is 7.33. The lowest BCUT2D eigenvalue weighted by atomic mass is 10.3. The van der Waals surface area contributed by atoms with Crippen molar-refractivity contribution >= 4 is 14.8 Å². The Kier molecular flexibility index (Phi) is 5.39. The van der Waals surface area contributed by atoms with Crippen LogP contribution < -0.4 is 9.26 Å². The Morgan fingerprint density at radius 2 is 1.55 bits per heavy atom. The fourth-order valence-corrected chi connectivity index (χ4v) is 2.40. The average molecular weight is 290 g/mol. The molecule has 0 bridgehead atoms. The number of carbonyl (C=O) groups is 1. The monoisotopic (exact) mass is 290 g/mol. The van der Waals surface area contributed by atoms with E-state index in [2.05, 4.69) is 0 Å².